The van der Waals surface area contributed by atoms with Crippen molar-refractivity contribution in [2.24, 2.45) is 11.1 Å². The molecule has 3 rings (SSSR count). The number of nitrogens with two attached hydrogens (primary N) is 1. The molecule has 0 saturated carbocycles. The van der Waals surface area contributed by atoms with Crippen LogP contribution in [0.1, 0.15) is 71.1 Å². The maximum atomic E-state index is 6.20. The first kappa shape index (κ1) is 16.3. The Morgan fingerprint density at radius 2 is 1.67 bits per heavy atom. The molecule has 1 atom stereocenters. The third-order valence-electron chi connectivity index (χ3n) is 5.03. The second kappa shape index (κ2) is 7.72. The lowest BCUT2D eigenvalue weighted by Gasteiger charge is -2.52. The van der Waals surface area contributed by atoms with Gasteiger partial charge < -0.3 is 5.73 Å². The van der Waals surface area contributed by atoms with Gasteiger partial charge >= 0.3 is 0 Å². The molecule has 2 N–H and O–H groups in total. The highest BCUT2D eigenvalue weighted by Gasteiger charge is 2.42. The SMILES string of the molecule is CCCCCCCCC12CCN(CC1)C(N)C2.Cl. The van der Waals surface area contributed by atoms with Crippen LogP contribution in [-0.2, 0) is 0 Å². The molecule has 3 heterocycles. The summed E-state index contributed by atoms with van der Waals surface area (Å²) >= 11 is 0. The van der Waals surface area contributed by atoms with Crippen molar-refractivity contribution in [3.8, 4) is 0 Å². The number of fused-ring (bicyclic) bond motifs is 3. The number of halogens is 1. The van der Waals surface area contributed by atoms with Gasteiger partial charge in [0.2, 0.25) is 0 Å². The second-order valence-electron chi connectivity index (χ2n) is 6.33. The Kier molecular flexibility index (Phi) is 6.97. The highest BCUT2D eigenvalue weighted by atomic mass is 35.5. The molecule has 3 aliphatic rings. The molecule has 0 radical (unpaired) electrons. The highest BCUT2D eigenvalue weighted by Crippen LogP contribution is 2.45. The quantitative estimate of drug-likeness (QED) is 0.713. The summed E-state index contributed by atoms with van der Waals surface area (Å²) < 4.78 is 0. The van der Waals surface area contributed by atoms with Crippen molar-refractivity contribution in [3.63, 3.8) is 0 Å². The Balaban J connectivity index is 0.00000162. The van der Waals surface area contributed by atoms with E-state index in [2.05, 4.69) is 11.8 Å². The second-order valence-corrected chi connectivity index (χ2v) is 6.33. The molecule has 0 aromatic rings. The molecule has 0 spiro atoms. The monoisotopic (exact) mass is 274 g/mol. The fraction of sp³-hybridized carbons (Fsp3) is 1.00. The molecule has 0 aromatic heterocycles. The third kappa shape index (κ3) is 4.11. The van der Waals surface area contributed by atoms with Crippen LogP contribution >= 0.6 is 12.4 Å². The Bertz CT molecular complexity index is 225. The van der Waals surface area contributed by atoms with E-state index in [0.717, 1.165) is 0 Å². The largest absolute Gasteiger partial charge is 0.316 e. The Morgan fingerprint density at radius 3 is 2.28 bits per heavy atom. The maximum Gasteiger partial charge on any atom is 0.0577 e. The summed E-state index contributed by atoms with van der Waals surface area (Å²) in [6, 6.07) is 0. The van der Waals surface area contributed by atoms with Gasteiger partial charge in [-0.15, -0.1) is 12.4 Å². The van der Waals surface area contributed by atoms with Gasteiger partial charge in [0.1, 0.15) is 0 Å². The van der Waals surface area contributed by atoms with Crippen LogP contribution in [0.2, 0.25) is 0 Å². The molecule has 2 bridgehead atoms. The number of unbranched alkanes of at least 4 members (excludes halogenated alkanes) is 5. The van der Waals surface area contributed by atoms with Gasteiger partial charge in [0.05, 0.1) is 6.17 Å². The van der Waals surface area contributed by atoms with Gasteiger partial charge in [0.25, 0.3) is 0 Å². The number of nitrogens with zero attached hydrogens (tertiary/aromatic N) is 1. The smallest absolute Gasteiger partial charge is 0.0577 e. The zero-order valence-electron chi connectivity index (χ0n) is 12.0. The number of piperidine rings is 3. The van der Waals surface area contributed by atoms with Crippen molar-refractivity contribution in [1.82, 2.24) is 4.90 Å². The van der Waals surface area contributed by atoms with Gasteiger partial charge in [-0.05, 0) is 31.1 Å². The molecule has 1 unspecified atom stereocenters. The molecule has 3 aliphatic heterocycles. The number of rotatable bonds is 7. The minimum absolute atomic E-state index is 0. The van der Waals surface area contributed by atoms with Crippen LogP contribution in [0, 0.1) is 5.41 Å². The van der Waals surface area contributed by atoms with Gasteiger partial charge in [-0.25, -0.2) is 0 Å². The van der Waals surface area contributed by atoms with Crippen LogP contribution in [-0.4, -0.2) is 24.2 Å². The summed E-state index contributed by atoms with van der Waals surface area (Å²) in [7, 11) is 0. The molecule has 3 heteroatoms. The fourth-order valence-corrected chi connectivity index (χ4v) is 3.74. The van der Waals surface area contributed by atoms with Crippen molar-refractivity contribution in [2.45, 2.75) is 77.3 Å². The first-order chi connectivity index (χ1) is 8.26. The van der Waals surface area contributed by atoms with Crippen LogP contribution in [0.15, 0.2) is 0 Å². The molecule has 108 valence electrons. The minimum Gasteiger partial charge on any atom is -0.316 e. The summed E-state index contributed by atoms with van der Waals surface area (Å²) in [6.07, 6.45) is 14.5. The first-order valence-corrected chi connectivity index (χ1v) is 7.75. The molecule has 3 fully saturated rings. The Morgan fingerprint density at radius 1 is 1.06 bits per heavy atom. The fourth-order valence-electron chi connectivity index (χ4n) is 3.74. The lowest BCUT2D eigenvalue weighted by atomic mass is 9.68. The topological polar surface area (TPSA) is 29.3 Å². The van der Waals surface area contributed by atoms with Crippen molar-refractivity contribution >= 4 is 12.4 Å². The van der Waals surface area contributed by atoms with Crippen LogP contribution < -0.4 is 5.73 Å². The molecule has 0 amide bonds. The molecule has 3 saturated heterocycles. The van der Waals surface area contributed by atoms with Crippen LogP contribution in [0.3, 0.4) is 0 Å². The van der Waals surface area contributed by atoms with Crippen LogP contribution in [0.5, 0.6) is 0 Å². The van der Waals surface area contributed by atoms with E-state index >= 15 is 0 Å². The maximum absolute atomic E-state index is 6.20. The van der Waals surface area contributed by atoms with Crippen LogP contribution in [0.25, 0.3) is 0 Å². The number of hydrogen-bond donors (Lipinski definition) is 1. The standard InChI is InChI=1S/C15H30N2.ClH/c1-2-3-4-5-6-7-8-15-9-11-17(12-10-15)14(16)13-15;/h14H,2-13,16H2,1H3;1H. The summed E-state index contributed by atoms with van der Waals surface area (Å²) in [6.45, 7) is 4.81. The molecule has 0 aromatic carbocycles. The summed E-state index contributed by atoms with van der Waals surface area (Å²) in [4.78, 5) is 2.48. The van der Waals surface area contributed by atoms with E-state index in [0.29, 0.717) is 11.6 Å². The molecule has 0 aliphatic carbocycles. The zero-order valence-corrected chi connectivity index (χ0v) is 12.8. The van der Waals surface area contributed by atoms with E-state index < -0.39 is 0 Å². The van der Waals surface area contributed by atoms with Crippen molar-refractivity contribution < 1.29 is 0 Å². The third-order valence-corrected chi connectivity index (χ3v) is 5.03. The van der Waals surface area contributed by atoms with Gasteiger partial charge in [-0.3, -0.25) is 4.90 Å². The summed E-state index contributed by atoms with van der Waals surface area (Å²) in [5.41, 5.74) is 6.84. The van der Waals surface area contributed by atoms with E-state index in [-0.39, 0.29) is 12.4 Å². The summed E-state index contributed by atoms with van der Waals surface area (Å²) in [5.74, 6) is 0. The Labute approximate surface area is 119 Å². The zero-order chi connectivity index (χ0) is 12.1. The average Bonchev–Trinajstić information content (AvgIpc) is 2.35. The van der Waals surface area contributed by atoms with Gasteiger partial charge in [-0.1, -0.05) is 45.4 Å². The van der Waals surface area contributed by atoms with Gasteiger partial charge in [0.15, 0.2) is 0 Å². The van der Waals surface area contributed by atoms with E-state index in [1.54, 1.807) is 0 Å². The summed E-state index contributed by atoms with van der Waals surface area (Å²) in [5, 5.41) is 0. The Hall–Kier alpha value is 0.210. The van der Waals surface area contributed by atoms with Gasteiger partial charge in [0, 0.05) is 13.1 Å². The minimum atomic E-state index is 0. The van der Waals surface area contributed by atoms with Crippen molar-refractivity contribution in [2.75, 3.05) is 13.1 Å². The molecular formula is C15H31ClN2. The normalized spacial score (nSPS) is 34.3. The van der Waals surface area contributed by atoms with E-state index in [1.807, 2.05) is 0 Å². The molecule has 18 heavy (non-hydrogen) atoms. The first-order valence-electron chi connectivity index (χ1n) is 7.75. The lowest BCUT2D eigenvalue weighted by Crippen LogP contribution is -2.57. The lowest BCUT2D eigenvalue weighted by molar-refractivity contribution is -0.0245. The highest BCUT2D eigenvalue weighted by molar-refractivity contribution is 5.85. The molecular weight excluding hydrogens is 244 g/mol. The number of hydrogen-bond acceptors (Lipinski definition) is 2. The van der Waals surface area contributed by atoms with E-state index in [9.17, 15) is 0 Å². The van der Waals surface area contributed by atoms with Crippen LogP contribution in [0.4, 0.5) is 0 Å². The molecule has 2 nitrogen and oxygen atoms in total. The average molecular weight is 275 g/mol. The predicted octanol–water partition coefficient (Wildman–Crippen LogP) is 3.93. The van der Waals surface area contributed by atoms with Crippen molar-refractivity contribution in [1.29, 1.82) is 0 Å². The van der Waals surface area contributed by atoms with Crippen molar-refractivity contribution in [3.05, 3.63) is 0 Å². The van der Waals surface area contributed by atoms with E-state index in [1.165, 1.54) is 77.3 Å². The van der Waals surface area contributed by atoms with Gasteiger partial charge in [-0.2, -0.15) is 0 Å². The predicted molar refractivity (Wildman–Crippen MR) is 81.1 cm³/mol. The van der Waals surface area contributed by atoms with E-state index in [4.69, 9.17) is 5.73 Å².